The van der Waals surface area contributed by atoms with Gasteiger partial charge in [-0.1, -0.05) is 6.92 Å². The number of hydrogen-bond acceptors (Lipinski definition) is 3. The smallest absolute Gasteiger partial charge is 0.0645 e. The first-order chi connectivity index (χ1) is 6.56. The lowest BCUT2D eigenvalue weighted by molar-refractivity contribution is 0.0119. The van der Waals surface area contributed by atoms with Gasteiger partial charge in [-0.15, -0.1) is 0 Å². The Balaban J connectivity index is 3.65. The van der Waals surface area contributed by atoms with Crippen LogP contribution in [0.5, 0.6) is 0 Å². The van der Waals surface area contributed by atoms with Gasteiger partial charge in [0.15, 0.2) is 0 Å². The van der Waals surface area contributed by atoms with E-state index in [-0.39, 0.29) is 12.2 Å². The summed E-state index contributed by atoms with van der Waals surface area (Å²) in [6.45, 7) is 12.7. The van der Waals surface area contributed by atoms with Crippen molar-refractivity contribution in [1.82, 2.24) is 5.32 Å². The maximum atomic E-state index is 5.55. The minimum absolute atomic E-state index is 0.287. The molecule has 0 bridgehead atoms. The van der Waals surface area contributed by atoms with Crippen molar-refractivity contribution in [3.63, 3.8) is 0 Å². The second kappa shape index (κ2) is 8.21. The van der Waals surface area contributed by atoms with E-state index in [1.807, 2.05) is 27.7 Å². The molecular formula is C11H25NO2. The van der Waals surface area contributed by atoms with Crippen molar-refractivity contribution in [3.8, 4) is 0 Å². The third kappa shape index (κ3) is 8.48. The van der Waals surface area contributed by atoms with Crippen molar-refractivity contribution in [2.24, 2.45) is 0 Å². The first kappa shape index (κ1) is 13.9. The van der Waals surface area contributed by atoms with Crippen LogP contribution < -0.4 is 5.32 Å². The van der Waals surface area contributed by atoms with Crippen LogP contribution in [0.15, 0.2) is 0 Å². The van der Waals surface area contributed by atoms with Crippen LogP contribution in [-0.4, -0.2) is 38.0 Å². The van der Waals surface area contributed by atoms with Crippen LogP contribution in [0.25, 0.3) is 0 Å². The van der Waals surface area contributed by atoms with E-state index in [1.54, 1.807) is 0 Å². The summed E-state index contributed by atoms with van der Waals surface area (Å²) >= 11 is 0. The average Bonchev–Trinajstić information content (AvgIpc) is 2.09. The molecule has 14 heavy (non-hydrogen) atoms. The molecule has 0 aromatic carbocycles. The summed E-state index contributed by atoms with van der Waals surface area (Å²) in [7, 11) is 0. The first-order valence-corrected chi connectivity index (χ1v) is 5.52. The summed E-state index contributed by atoms with van der Waals surface area (Å²) in [5.74, 6) is 0. The van der Waals surface area contributed by atoms with Gasteiger partial charge in [0.1, 0.15) is 0 Å². The molecule has 0 saturated carbocycles. The Labute approximate surface area is 88.2 Å². The van der Waals surface area contributed by atoms with Crippen LogP contribution in [0, 0.1) is 0 Å². The molecule has 0 aliphatic carbocycles. The van der Waals surface area contributed by atoms with Gasteiger partial charge in [-0.2, -0.15) is 0 Å². The van der Waals surface area contributed by atoms with E-state index in [9.17, 15) is 0 Å². The largest absolute Gasteiger partial charge is 0.377 e. The van der Waals surface area contributed by atoms with E-state index < -0.39 is 0 Å². The number of ether oxygens (including phenoxy) is 2. The third-order valence-corrected chi connectivity index (χ3v) is 1.75. The van der Waals surface area contributed by atoms with Gasteiger partial charge in [-0.25, -0.2) is 0 Å². The lowest BCUT2D eigenvalue weighted by Crippen LogP contribution is -2.38. The summed E-state index contributed by atoms with van der Waals surface area (Å²) < 4.78 is 11.1. The molecule has 0 aliphatic heterocycles. The molecule has 0 aliphatic rings. The molecule has 1 N–H and O–H groups in total. The highest BCUT2D eigenvalue weighted by Gasteiger charge is 2.09. The minimum Gasteiger partial charge on any atom is -0.377 e. The van der Waals surface area contributed by atoms with E-state index in [1.165, 1.54) is 0 Å². The molecule has 0 fully saturated rings. The Morgan fingerprint density at radius 1 is 0.929 bits per heavy atom. The minimum atomic E-state index is 0.287. The van der Waals surface area contributed by atoms with Gasteiger partial charge in [0.05, 0.1) is 31.5 Å². The molecule has 0 heterocycles. The lowest BCUT2D eigenvalue weighted by Gasteiger charge is -2.20. The van der Waals surface area contributed by atoms with Gasteiger partial charge in [0.2, 0.25) is 0 Å². The number of rotatable bonds is 8. The van der Waals surface area contributed by atoms with Crippen LogP contribution in [0.3, 0.4) is 0 Å². The van der Waals surface area contributed by atoms with Crippen molar-refractivity contribution >= 4 is 0 Å². The van der Waals surface area contributed by atoms with Crippen LogP contribution in [0.4, 0.5) is 0 Å². The second-order valence-corrected chi connectivity index (χ2v) is 4.02. The summed E-state index contributed by atoms with van der Waals surface area (Å²) in [6, 6.07) is 0.310. The maximum absolute atomic E-state index is 5.55. The normalized spacial score (nSPS) is 12.0. The van der Waals surface area contributed by atoms with Crippen molar-refractivity contribution in [1.29, 1.82) is 0 Å². The predicted molar refractivity (Wildman–Crippen MR) is 59.6 cm³/mol. The fourth-order valence-corrected chi connectivity index (χ4v) is 1.07. The first-order valence-electron chi connectivity index (χ1n) is 5.52. The van der Waals surface area contributed by atoms with E-state index >= 15 is 0 Å². The Morgan fingerprint density at radius 3 is 1.64 bits per heavy atom. The predicted octanol–water partition coefficient (Wildman–Crippen LogP) is 1.81. The standard InChI is InChI=1S/C11H25NO2/c1-6-12-11(7-13-9(2)3)8-14-10(4)5/h9-12H,6-8H2,1-5H3. The van der Waals surface area contributed by atoms with Gasteiger partial charge < -0.3 is 14.8 Å². The van der Waals surface area contributed by atoms with Gasteiger partial charge >= 0.3 is 0 Å². The van der Waals surface area contributed by atoms with E-state index in [4.69, 9.17) is 9.47 Å². The molecule has 0 atom stereocenters. The van der Waals surface area contributed by atoms with Crippen LogP contribution in [0.2, 0.25) is 0 Å². The second-order valence-electron chi connectivity index (χ2n) is 4.02. The SMILES string of the molecule is CCNC(COC(C)C)COC(C)C. The van der Waals surface area contributed by atoms with Gasteiger partial charge in [-0.3, -0.25) is 0 Å². The number of likely N-dealkylation sites (N-methyl/N-ethyl adjacent to an activating group) is 1. The van der Waals surface area contributed by atoms with Crippen molar-refractivity contribution < 1.29 is 9.47 Å². The quantitative estimate of drug-likeness (QED) is 0.652. The highest BCUT2D eigenvalue weighted by Crippen LogP contribution is 1.96. The Kier molecular flexibility index (Phi) is 8.14. The molecule has 0 unspecified atom stereocenters. The summed E-state index contributed by atoms with van der Waals surface area (Å²) in [6.07, 6.45) is 0.574. The molecular weight excluding hydrogens is 178 g/mol. The molecule has 0 aromatic heterocycles. The third-order valence-electron chi connectivity index (χ3n) is 1.75. The monoisotopic (exact) mass is 203 g/mol. The molecule has 3 heteroatoms. The molecule has 0 aromatic rings. The van der Waals surface area contributed by atoms with E-state index in [2.05, 4.69) is 12.2 Å². The van der Waals surface area contributed by atoms with Crippen LogP contribution in [-0.2, 0) is 9.47 Å². The molecule has 0 rings (SSSR count). The summed E-state index contributed by atoms with van der Waals surface area (Å²) in [5.41, 5.74) is 0. The zero-order valence-electron chi connectivity index (χ0n) is 10.2. The zero-order valence-corrected chi connectivity index (χ0v) is 10.2. The highest BCUT2D eigenvalue weighted by molar-refractivity contribution is 4.65. The van der Waals surface area contributed by atoms with Gasteiger partial charge in [-0.05, 0) is 34.2 Å². The van der Waals surface area contributed by atoms with Crippen LogP contribution >= 0.6 is 0 Å². The Morgan fingerprint density at radius 2 is 1.36 bits per heavy atom. The molecule has 3 nitrogen and oxygen atoms in total. The topological polar surface area (TPSA) is 30.5 Å². The molecule has 0 saturated heterocycles. The van der Waals surface area contributed by atoms with E-state index in [0.29, 0.717) is 6.04 Å². The Hall–Kier alpha value is -0.120. The van der Waals surface area contributed by atoms with Crippen molar-refractivity contribution in [3.05, 3.63) is 0 Å². The van der Waals surface area contributed by atoms with Gasteiger partial charge in [0, 0.05) is 0 Å². The highest BCUT2D eigenvalue weighted by atomic mass is 16.5. The average molecular weight is 203 g/mol. The fourth-order valence-electron chi connectivity index (χ4n) is 1.07. The maximum Gasteiger partial charge on any atom is 0.0645 e. The zero-order chi connectivity index (χ0) is 11.0. The van der Waals surface area contributed by atoms with E-state index in [0.717, 1.165) is 19.8 Å². The molecule has 0 amide bonds. The van der Waals surface area contributed by atoms with Crippen molar-refractivity contribution in [2.45, 2.75) is 52.9 Å². The molecule has 0 radical (unpaired) electrons. The summed E-state index contributed by atoms with van der Waals surface area (Å²) in [5, 5.41) is 3.34. The number of hydrogen-bond donors (Lipinski definition) is 1. The molecule has 86 valence electrons. The lowest BCUT2D eigenvalue weighted by atomic mass is 10.3. The van der Waals surface area contributed by atoms with Crippen LogP contribution in [0.1, 0.15) is 34.6 Å². The fraction of sp³-hybridized carbons (Fsp3) is 1.00. The van der Waals surface area contributed by atoms with Crippen molar-refractivity contribution in [2.75, 3.05) is 19.8 Å². The number of nitrogens with one attached hydrogen (secondary N) is 1. The molecule has 0 spiro atoms. The Bertz CT molecular complexity index is 114. The van der Waals surface area contributed by atoms with Gasteiger partial charge in [0.25, 0.3) is 0 Å². The summed E-state index contributed by atoms with van der Waals surface area (Å²) in [4.78, 5) is 0.